The summed E-state index contributed by atoms with van der Waals surface area (Å²) in [6.45, 7) is 2.42. The van der Waals surface area contributed by atoms with E-state index in [2.05, 4.69) is 27.6 Å². The minimum Gasteiger partial charge on any atom is -0.478 e. The van der Waals surface area contributed by atoms with Gasteiger partial charge in [0.2, 0.25) is 10.0 Å². The number of thioether (sulfide) groups is 1. The molecule has 1 aromatic rings. The van der Waals surface area contributed by atoms with Gasteiger partial charge in [0.15, 0.2) is 0 Å². The van der Waals surface area contributed by atoms with Crippen molar-refractivity contribution in [2.24, 2.45) is 0 Å². The Balaban J connectivity index is 2.17. The average molecular weight is 394 g/mol. The Labute approximate surface area is 136 Å². The van der Waals surface area contributed by atoms with Gasteiger partial charge in [-0.15, -0.1) is 0 Å². The number of hydrogen-bond donors (Lipinski definition) is 2. The first-order valence-electron chi connectivity index (χ1n) is 6.40. The van der Waals surface area contributed by atoms with Gasteiger partial charge in [0.1, 0.15) is 0 Å². The van der Waals surface area contributed by atoms with Crippen LogP contribution in [0.25, 0.3) is 0 Å². The molecule has 1 fully saturated rings. The molecule has 2 rings (SSSR count). The van der Waals surface area contributed by atoms with E-state index in [4.69, 9.17) is 5.11 Å². The zero-order valence-electron chi connectivity index (χ0n) is 11.4. The number of nitrogens with one attached hydrogen (secondary N) is 1. The topological polar surface area (TPSA) is 83.5 Å². The molecule has 21 heavy (non-hydrogen) atoms. The fraction of sp³-hybridized carbons (Fsp3) is 0.462. The number of carboxylic acids is 1. The molecule has 116 valence electrons. The van der Waals surface area contributed by atoms with Crippen LogP contribution in [0.3, 0.4) is 0 Å². The van der Waals surface area contributed by atoms with Crippen molar-refractivity contribution in [3.05, 3.63) is 28.2 Å². The van der Waals surface area contributed by atoms with Crippen LogP contribution in [0.5, 0.6) is 0 Å². The second-order valence-electron chi connectivity index (χ2n) is 5.18. The number of carboxylic acid groups (broad SMARTS) is 1. The van der Waals surface area contributed by atoms with Crippen LogP contribution in [0.2, 0.25) is 0 Å². The number of rotatable bonds is 5. The lowest BCUT2D eigenvalue weighted by Gasteiger charge is -2.23. The smallest absolute Gasteiger partial charge is 0.335 e. The van der Waals surface area contributed by atoms with Gasteiger partial charge in [-0.25, -0.2) is 17.9 Å². The summed E-state index contributed by atoms with van der Waals surface area (Å²) >= 11 is 4.91. The third kappa shape index (κ3) is 4.00. The molecule has 0 aromatic heterocycles. The van der Waals surface area contributed by atoms with Gasteiger partial charge in [-0.1, -0.05) is 0 Å². The summed E-state index contributed by atoms with van der Waals surface area (Å²) in [7, 11) is -3.66. The highest BCUT2D eigenvalue weighted by molar-refractivity contribution is 9.10. The molecule has 0 spiro atoms. The van der Waals surface area contributed by atoms with Gasteiger partial charge < -0.3 is 5.11 Å². The van der Waals surface area contributed by atoms with E-state index >= 15 is 0 Å². The van der Waals surface area contributed by atoms with Crippen LogP contribution in [0.4, 0.5) is 0 Å². The number of aromatic carboxylic acids is 1. The van der Waals surface area contributed by atoms with Crippen molar-refractivity contribution >= 4 is 43.7 Å². The van der Waals surface area contributed by atoms with Crippen molar-refractivity contribution in [3.63, 3.8) is 0 Å². The molecule has 1 atom stereocenters. The fourth-order valence-electron chi connectivity index (χ4n) is 2.15. The summed E-state index contributed by atoms with van der Waals surface area (Å²) < 4.78 is 27.5. The lowest BCUT2D eigenvalue weighted by molar-refractivity contribution is 0.0696. The van der Waals surface area contributed by atoms with Crippen LogP contribution in [0.15, 0.2) is 27.6 Å². The molecule has 1 aliphatic heterocycles. The molecule has 0 radical (unpaired) electrons. The molecule has 0 aliphatic carbocycles. The van der Waals surface area contributed by atoms with E-state index in [9.17, 15) is 13.2 Å². The SMILES string of the molecule is CC1(CNS(=O)(=O)c2ccc(C(=O)O)cc2Br)CCCS1. The van der Waals surface area contributed by atoms with Gasteiger partial charge in [0, 0.05) is 15.8 Å². The van der Waals surface area contributed by atoms with Crippen molar-refractivity contribution < 1.29 is 18.3 Å². The number of benzene rings is 1. The van der Waals surface area contributed by atoms with Crippen molar-refractivity contribution in [3.8, 4) is 0 Å². The minimum atomic E-state index is -3.66. The largest absolute Gasteiger partial charge is 0.478 e. The zero-order valence-corrected chi connectivity index (χ0v) is 14.6. The summed E-state index contributed by atoms with van der Waals surface area (Å²) in [5.74, 6) is -0.0441. The summed E-state index contributed by atoms with van der Waals surface area (Å²) in [4.78, 5) is 10.9. The highest BCUT2D eigenvalue weighted by atomic mass is 79.9. The average Bonchev–Trinajstić information content (AvgIpc) is 2.84. The number of halogens is 1. The predicted molar refractivity (Wildman–Crippen MR) is 86.4 cm³/mol. The van der Waals surface area contributed by atoms with Crippen LogP contribution in [0.1, 0.15) is 30.1 Å². The van der Waals surface area contributed by atoms with E-state index < -0.39 is 16.0 Å². The third-order valence-electron chi connectivity index (χ3n) is 3.40. The van der Waals surface area contributed by atoms with Crippen molar-refractivity contribution in [2.75, 3.05) is 12.3 Å². The van der Waals surface area contributed by atoms with E-state index in [0.29, 0.717) is 6.54 Å². The Kier molecular flexibility index (Phi) is 5.02. The van der Waals surface area contributed by atoms with E-state index in [0.717, 1.165) is 18.6 Å². The summed E-state index contributed by atoms with van der Waals surface area (Å²) in [5, 5.41) is 8.90. The Morgan fingerprint density at radius 3 is 2.76 bits per heavy atom. The van der Waals surface area contributed by atoms with Crippen LogP contribution >= 0.6 is 27.7 Å². The molecule has 0 saturated carbocycles. The zero-order chi connectivity index (χ0) is 15.7. The first-order chi connectivity index (χ1) is 9.73. The maximum atomic E-state index is 12.3. The lowest BCUT2D eigenvalue weighted by Crippen LogP contribution is -2.36. The molecule has 1 aliphatic rings. The van der Waals surface area contributed by atoms with Gasteiger partial charge in [-0.3, -0.25) is 0 Å². The van der Waals surface area contributed by atoms with Crippen LogP contribution in [0, 0.1) is 0 Å². The van der Waals surface area contributed by atoms with E-state index in [-0.39, 0.29) is 19.7 Å². The van der Waals surface area contributed by atoms with Crippen molar-refractivity contribution in [1.82, 2.24) is 4.72 Å². The van der Waals surface area contributed by atoms with Crippen molar-refractivity contribution in [1.29, 1.82) is 0 Å². The van der Waals surface area contributed by atoms with Gasteiger partial charge in [0.05, 0.1) is 10.5 Å². The summed E-state index contributed by atoms with van der Waals surface area (Å²) in [5.41, 5.74) is 0.0409. The number of hydrogen-bond acceptors (Lipinski definition) is 4. The Hall–Kier alpha value is -0.570. The molecule has 0 bridgehead atoms. The Morgan fingerprint density at radius 2 is 2.24 bits per heavy atom. The summed E-state index contributed by atoms with van der Waals surface area (Å²) in [6.07, 6.45) is 2.08. The second-order valence-corrected chi connectivity index (χ2v) is 9.45. The number of carbonyl (C=O) groups is 1. The third-order valence-corrected chi connectivity index (χ3v) is 7.32. The molecule has 8 heteroatoms. The van der Waals surface area contributed by atoms with Crippen molar-refractivity contribution in [2.45, 2.75) is 29.4 Å². The van der Waals surface area contributed by atoms with Crippen LogP contribution < -0.4 is 4.72 Å². The van der Waals surface area contributed by atoms with Crippen LogP contribution in [-0.4, -0.2) is 36.5 Å². The highest BCUT2D eigenvalue weighted by Crippen LogP contribution is 2.37. The first kappa shape index (κ1) is 16.8. The minimum absolute atomic E-state index is 0.0409. The highest BCUT2D eigenvalue weighted by Gasteiger charge is 2.31. The maximum Gasteiger partial charge on any atom is 0.335 e. The predicted octanol–water partition coefficient (Wildman–Crippen LogP) is 2.71. The Morgan fingerprint density at radius 1 is 1.52 bits per heavy atom. The molecule has 1 unspecified atom stereocenters. The molecule has 1 saturated heterocycles. The molecule has 2 N–H and O–H groups in total. The molecule has 0 amide bonds. The summed E-state index contributed by atoms with van der Waals surface area (Å²) in [6, 6.07) is 3.89. The van der Waals surface area contributed by atoms with Crippen LogP contribution in [-0.2, 0) is 10.0 Å². The first-order valence-corrected chi connectivity index (χ1v) is 9.66. The lowest BCUT2D eigenvalue weighted by atomic mass is 10.1. The van der Waals surface area contributed by atoms with Gasteiger partial charge in [-0.05, 0) is 59.6 Å². The van der Waals surface area contributed by atoms with Gasteiger partial charge in [-0.2, -0.15) is 11.8 Å². The van der Waals surface area contributed by atoms with E-state index in [1.165, 1.54) is 18.2 Å². The van der Waals surface area contributed by atoms with E-state index in [1.54, 1.807) is 11.8 Å². The van der Waals surface area contributed by atoms with E-state index in [1.807, 2.05) is 0 Å². The maximum absolute atomic E-state index is 12.3. The molecular formula is C13H16BrNO4S2. The molecular weight excluding hydrogens is 378 g/mol. The fourth-order valence-corrected chi connectivity index (χ4v) is 5.73. The quantitative estimate of drug-likeness (QED) is 0.803. The van der Waals surface area contributed by atoms with Gasteiger partial charge in [0.25, 0.3) is 0 Å². The molecule has 5 nitrogen and oxygen atoms in total. The standard InChI is InChI=1S/C13H16BrNO4S2/c1-13(5-2-6-20-13)8-15-21(18,19)11-4-3-9(12(16)17)7-10(11)14/h3-4,7,15H,2,5-6,8H2,1H3,(H,16,17). The monoisotopic (exact) mass is 393 g/mol. The Bertz CT molecular complexity index is 654. The molecule has 1 heterocycles. The molecule has 1 aromatic carbocycles. The van der Waals surface area contributed by atoms with Gasteiger partial charge >= 0.3 is 5.97 Å². The number of sulfonamides is 1. The second kappa shape index (κ2) is 6.28. The normalized spacial score (nSPS) is 22.4.